The molecule has 0 fully saturated rings. The number of thiazole rings is 1. The van der Waals surface area contributed by atoms with Crippen molar-refractivity contribution in [3.63, 3.8) is 0 Å². The summed E-state index contributed by atoms with van der Waals surface area (Å²) in [6, 6.07) is 30.3. The van der Waals surface area contributed by atoms with E-state index in [1.165, 1.54) is 11.3 Å². The molecule has 0 bridgehead atoms. The third kappa shape index (κ3) is 4.54. The van der Waals surface area contributed by atoms with Gasteiger partial charge in [-0.3, -0.25) is 9.36 Å². The lowest BCUT2D eigenvalue weighted by Crippen LogP contribution is -2.40. The first-order valence-corrected chi connectivity index (χ1v) is 13.8. The van der Waals surface area contributed by atoms with E-state index in [1.807, 2.05) is 91.0 Å². The molecule has 0 amide bonds. The van der Waals surface area contributed by atoms with Gasteiger partial charge < -0.3 is 9.47 Å². The summed E-state index contributed by atoms with van der Waals surface area (Å²) in [7, 11) is 1.60. The molecule has 7 heteroatoms. The minimum absolute atomic E-state index is 0.200. The number of benzene rings is 4. The third-order valence-corrected chi connectivity index (χ3v) is 7.90. The van der Waals surface area contributed by atoms with Crippen molar-refractivity contribution in [1.82, 2.24) is 4.57 Å². The molecule has 6 rings (SSSR count). The largest absolute Gasteiger partial charge is 0.497 e. The predicted molar refractivity (Wildman–Crippen MR) is 158 cm³/mol. The molecule has 6 nitrogen and oxygen atoms in total. The van der Waals surface area contributed by atoms with E-state index < -0.39 is 12.0 Å². The molecular formula is C33H26N2O4S. The maximum atomic E-state index is 14.1. The monoisotopic (exact) mass is 546 g/mol. The standard InChI is InChI=1S/C33H26N2O4S/c1-3-39-32(37)28-29(22-11-5-4-6-12-22)34-33-35(30(28)23-16-18-25(38-2)19-17-23)31(36)27(40-33)20-24-14-9-13-21-10-7-8-15-26(21)24/h4-20,30H,3H2,1-2H3/b27-20-/t30-/m1/s1. The number of aromatic nitrogens is 1. The summed E-state index contributed by atoms with van der Waals surface area (Å²) in [5.41, 5.74) is 3.07. The van der Waals surface area contributed by atoms with Gasteiger partial charge in [0.2, 0.25) is 0 Å². The second-order valence-electron chi connectivity index (χ2n) is 9.27. The summed E-state index contributed by atoms with van der Waals surface area (Å²) in [6.45, 7) is 1.97. The topological polar surface area (TPSA) is 69.9 Å². The summed E-state index contributed by atoms with van der Waals surface area (Å²) in [6.07, 6.45) is 1.91. The van der Waals surface area contributed by atoms with Crippen molar-refractivity contribution < 1.29 is 14.3 Å². The van der Waals surface area contributed by atoms with Gasteiger partial charge >= 0.3 is 5.97 Å². The smallest absolute Gasteiger partial charge is 0.338 e. The van der Waals surface area contributed by atoms with E-state index in [0.717, 1.165) is 27.5 Å². The highest BCUT2D eigenvalue weighted by molar-refractivity contribution is 7.07. The Hall–Kier alpha value is -4.75. The molecule has 1 aliphatic heterocycles. The summed E-state index contributed by atoms with van der Waals surface area (Å²) in [4.78, 5) is 33.1. The van der Waals surface area contributed by atoms with Crippen LogP contribution in [0.2, 0.25) is 0 Å². The fourth-order valence-corrected chi connectivity index (χ4v) is 6.05. The highest BCUT2D eigenvalue weighted by atomic mass is 32.1. The third-order valence-electron chi connectivity index (χ3n) is 6.92. The highest BCUT2D eigenvalue weighted by Gasteiger charge is 2.35. The molecule has 2 heterocycles. The van der Waals surface area contributed by atoms with E-state index in [9.17, 15) is 9.59 Å². The Morgan fingerprint density at radius 2 is 1.68 bits per heavy atom. The zero-order valence-corrected chi connectivity index (χ0v) is 22.9. The number of rotatable bonds is 6. The van der Waals surface area contributed by atoms with Crippen LogP contribution in [-0.2, 0) is 9.53 Å². The molecule has 0 spiro atoms. The van der Waals surface area contributed by atoms with Crippen molar-refractivity contribution in [1.29, 1.82) is 0 Å². The number of carbonyl (C=O) groups is 1. The second kappa shape index (κ2) is 10.8. The maximum Gasteiger partial charge on any atom is 0.338 e. The highest BCUT2D eigenvalue weighted by Crippen LogP contribution is 2.35. The van der Waals surface area contributed by atoms with E-state index in [0.29, 0.717) is 26.4 Å². The Morgan fingerprint density at radius 3 is 2.42 bits per heavy atom. The Morgan fingerprint density at radius 1 is 0.950 bits per heavy atom. The molecule has 1 aliphatic rings. The number of ether oxygens (including phenoxy) is 2. The molecule has 0 saturated carbocycles. The molecule has 1 atom stereocenters. The van der Waals surface area contributed by atoms with Crippen LogP contribution < -0.4 is 19.6 Å². The first-order chi connectivity index (χ1) is 19.6. The molecule has 0 saturated heterocycles. The van der Waals surface area contributed by atoms with Gasteiger partial charge in [0.25, 0.3) is 5.56 Å². The van der Waals surface area contributed by atoms with Crippen molar-refractivity contribution in [2.45, 2.75) is 13.0 Å². The zero-order valence-electron chi connectivity index (χ0n) is 22.0. The zero-order chi connectivity index (χ0) is 27.6. The molecule has 0 N–H and O–H groups in total. The average Bonchev–Trinajstić information content (AvgIpc) is 3.31. The van der Waals surface area contributed by atoms with Crippen molar-refractivity contribution in [2.24, 2.45) is 4.99 Å². The van der Waals surface area contributed by atoms with Gasteiger partial charge in [-0.25, -0.2) is 9.79 Å². The molecular weight excluding hydrogens is 520 g/mol. The Bertz CT molecular complexity index is 1930. The van der Waals surface area contributed by atoms with E-state index in [1.54, 1.807) is 18.6 Å². The van der Waals surface area contributed by atoms with E-state index in [-0.39, 0.29) is 12.2 Å². The molecule has 40 heavy (non-hydrogen) atoms. The van der Waals surface area contributed by atoms with Crippen molar-refractivity contribution >= 4 is 39.9 Å². The van der Waals surface area contributed by atoms with E-state index in [2.05, 4.69) is 12.1 Å². The van der Waals surface area contributed by atoms with Gasteiger partial charge in [0.15, 0.2) is 4.80 Å². The van der Waals surface area contributed by atoms with Gasteiger partial charge in [0.05, 0.1) is 35.6 Å². The van der Waals surface area contributed by atoms with Gasteiger partial charge in [-0.15, -0.1) is 0 Å². The van der Waals surface area contributed by atoms with Crippen LogP contribution >= 0.6 is 11.3 Å². The van der Waals surface area contributed by atoms with E-state index in [4.69, 9.17) is 14.5 Å². The van der Waals surface area contributed by atoms with Gasteiger partial charge in [-0.2, -0.15) is 0 Å². The SMILES string of the molecule is CCOC(=O)C1=C(c2ccccc2)N=c2s/c(=C\c3cccc4ccccc34)c(=O)n2[C@@H]1c1ccc(OC)cc1. The molecule has 5 aromatic rings. The Labute approximate surface area is 234 Å². The fraction of sp³-hybridized carbons (Fsp3) is 0.121. The van der Waals surface area contributed by atoms with E-state index >= 15 is 0 Å². The van der Waals surface area contributed by atoms with Crippen molar-refractivity contribution in [3.8, 4) is 5.75 Å². The quantitative estimate of drug-likeness (QED) is 0.278. The van der Waals surface area contributed by atoms with Crippen LogP contribution in [0.3, 0.4) is 0 Å². The number of methoxy groups -OCH3 is 1. The molecule has 0 aliphatic carbocycles. The van der Waals surface area contributed by atoms with Crippen LogP contribution in [0.1, 0.15) is 29.7 Å². The van der Waals surface area contributed by atoms with Crippen LogP contribution in [0.25, 0.3) is 22.5 Å². The van der Waals surface area contributed by atoms with Crippen LogP contribution in [0, 0.1) is 0 Å². The van der Waals surface area contributed by atoms with Gasteiger partial charge in [0.1, 0.15) is 5.75 Å². The summed E-state index contributed by atoms with van der Waals surface area (Å²) in [5, 5.41) is 2.15. The minimum atomic E-state index is -0.730. The lowest BCUT2D eigenvalue weighted by Gasteiger charge is -2.26. The Kier molecular flexibility index (Phi) is 6.88. The number of nitrogens with zero attached hydrogens (tertiary/aromatic N) is 2. The lowest BCUT2D eigenvalue weighted by molar-refractivity contribution is -0.138. The van der Waals surface area contributed by atoms with Gasteiger partial charge in [-0.05, 0) is 47.0 Å². The normalized spacial score (nSPS) is 15.1. The molecule has 1 aromatic heterocycles. The summed E-state index contributed by atoms with van der Waals surface area (Å²) < 4.78 is 13.0. The maximum absolute atomic E-state index is 14.1. The predicted octanol–water partition coefficient (Wildman–Crippen LogP) is 5.10. The fourth-order valence-electron chi connectivity index (χ4n) is 5.06. The molecule has 0 radical (unpaired) electrons. The molecule has 4 aromatic carbocycles. The van der Waals surface area contributed by atoms with Crippen LogP contribution in [-0.4, -0.2) is 24.3 Å². The second-order valence-corrected chi connectivity index (χ2v) is 10.3. The van der Waals surface area contributed by atoms with Gasteiger partial charge in [-0.1, -0.05) is 96.3 Å². The molecule has 198 valence electrons. The first kappa shape index (κ1) is 25.5. The summed E-state index contributed by atoms with van der Waals surface area (Å²) in [5.74, 6) is 0.173. The minimum Gasteiger partial charge on any atom is -0.497 e. The molecule has 0 unspecified atom stereocenters. The number of fused-ring (bicyclic) bond motifs is 2. The summed E-state index contributed by atoms with van der Waals surface area (Å²) >= 11 is 1.31. The number of hydrogen-bond acceptors (Lipinski definition) is 6. The number of esters is 1. The Balaban J connectivity index is 1.65. The van der Waals surface area contributed by atoms with Crippen LogP contribution in [0.5, 0.6) is 5.75 Å². The van der Waals surface area contributed by atoms with Crippen LogP contribution in [0.15, 0.2) is 112 Å². The first-order valence-electron chi connectivity index (χ1n) is 13.0. The number of hydrogen-bond donors (Lipinski definition) is 0. The number of carbonyl (C=O) groups excluding carboxylic acids is 1. The van der Waals surface area contributed by atoms with Crippen molar-refractivity contribution in [3.05, 3.63) is 139 Å². The van der Waals surface area contributed by atoms with Crippen LogP contribution in [0.4, 0.5) is 0 Å². The average molecular weight is 547 g/mol. The van der Waals surface area contributed by atoms with Gasteiger partial charge in [0, 0.05) is 5.56 Å². The lowest BCUT2D eigenvalue weighted by atomic mass is 9.93. The van der Waals surface area contributed by atoms with Crippen molar-refractivity contribution in [2.75, 3.05) is 13.7 Å².